The highest BCUT2D eigenvalue weighted by Crippen LogP contribution is 2.25. The summed E-state index contributed by atoms with van der Waals surface area (Å²) in [7, 11) is 0. The van der Waals surface area contributed by atoms with Crippen molar-refractivity contribution in [2.24, 2.45) is 15.7 Å². The standard InChI is InChI=1S/C19H18Cl2N6O2/c1-10-3-2-4-11(7-10)24-18(22)27-19-25-15(17(29)26-19)9-16(28)23-12-5-6-13(20)14(21)8-12/h2-8,15H,9H2,1H3,(H,23,28)(H4,22,24,25,26,27,29). The first-order valence-electron chi connectivity index (χ1n) is 8.61. The summed E-state index contributed by atoms with van der Waals surface area (Å²) in [5.74, 6) is -0.727. The van der Waals surface area contributed by atoms with Crippen LogP contribution in [-0.4, -0.2) is 29.8 Å². The molecule has 29 heavy (non-hydrogen) atoms. The third-order valence-corrected chi connectivity index (χ3v) is 4.65. The average molecular weight is 433 g/mol. The molecular formula is C19H18Cl2N6O2. The summed E-state index contributed by atoms with van der Waals surface area (Å²) in [6.45, 7) is 1.95. The topological polar surface area (TPSA) is 121 Å². The van der Waals surface area contributed by atoms with Crippen LogP contribution in [0.3, 0.4) is 0 Å². The Morgan fingerprint density at radius 2 is 1.93 bits per heavy atom. The van der Waals surface area contributed by atoms with Gasteiger partial charge in [-0.1, -0.05) is 35.3 Å². The lowest BCUT2D eigenvalue weighted by molar-refractivity contribution is -0.123. The van der Waals surface area contributed by atoms with E-state index in [0.717, 1.165) is 11.3 Å². The first-order chi connectivity index (χ1) is 13.8. The summed E-state index contributed by atoms with van der Waals surface area (Å²) in [6, 6.07) is 11.4. The smallest absolute Gasteiger partial charge is 0.252 e. The van der Waals surface area contributed by atoms with E-state index < -0.39 is 17.9 Å². The van der Waals surface area contributed by atoms with Gasteiger partial charge in [0.05, 0.1) is 16.5 Å². The third-order valence-electron chi connectivity index (χ3n) is 3.91. The van der Waals surface area contributed by atoms with E-state index in [0.29, 0.717) is 15.7 Å². The second-order valence-electron chi connectivity index (χ2n) is 6.33. The SMILES string of the molecule is Cc1cccc(N/C(N)=N/C2=NC(CC(=O)Nc3ccc(Cl)c(Cl)c3)C(=O)N2)c1. The molecule has 2 amide bonds. The Labute approximate surface area is 177 Å². The number of rotatable bonds is 4. The molecule has 1 unspecified atom stereocenters. The zero-order valence-corrected chi connectivity index (χ0v) is 16.9. The number of halogens is 2. The molecule has 0 aromatic heterocycles. The van der Waals surface area contributed by atoms with Gasteiger partial charge in [-0.05, 0) is 42.8 Å². The fourth-order valence-electron chi connectivity index (χ4n) is 2.60. The number of carbonyl (C=O) groups excluding carboxylic acids is 2. The lowest BCUT2D eigenvalue weighted by atomic mass is 10.2. The minimum atomic E-state index is -0.900. The van der Waals surface area contributed by atoms with E-state index in [1.54, 1.807) is 12.1 Å². The van der Waals surface area contributed by atoms with Crippen LogP contribution in [-0.2, 0) is 9.59 Å². The van der Waals surface area contributed by atoms with Crippen LogP contribution in [0, 0.1) is 6.92 Å². The molecule has 0 saturated heterocycles. The van der Waals surface area contributed by atoms with Gasteiger partial charge in [0.1, 0.15) is 6.04 Å². The number of aryl methyl sites for hydroxylation is 1. The van der Waals surface area contributed by atoms with Crippen molar-refractivity contribution in [2.75, 3.05) is 10.6 Å². The summed E-state index contributed by atoms with van der Waals surface area (Å²) in [5, 5.41) is 8.76. The number of hydrogen-bond acceptors (Lipinski definition) is 4. The van der Waals surface area contributed by atoms with Crippen LogP contribution in [0.4, 0.5) is 11.4 Å². The Bertz CT molecular complexity index is 1020. The lowest BCUT2D eigenvalue weighted by Gasteiger charge is -2.07. The molecule has 1 heterocycles. The highest BCUT2D eigenvalue weighted by atomic mass is 35.5. The highest BCUT2D eigenvalue weighted by Gasteiger charge is 2.28. The van der Waals surface area contributed by atoms with Crippen LogP contribution in [0.1, 0.15) is 12.0 Å². The van der Waals surface area contributed by atoms with Crippen molar-refractivity contribution in [2.45, 2.75) is 19.4 Å². The van der Waals surface area contributed by atoms with Gasteiger partial charge in [0.15, 0.2) is 0 Å². The molecule has 150 valence electrons. The average Bonchev–Trinajstić information content (AvgIpc) is 2.96. The highest BCUT2D eigenvalue weighted by molar-refractivity contribution is 6.42. The predicted octanol–water partition coefficient (Wildman–Crippen LogP) is 2.91. The Kier molecular flexibility index (Phi) is 6.36. The second-order valence-corrected chi connectivity index (χ2v) is 7.14. The normalized spacial score (nSPS) is 16.2. The maximum Gasteiger partial charge on any atom is 0.252 e. The number of amides is 2. The van der Waals surface area contributed by atoms with E-state index >= 15 is 0 Å². The minimum absolute atomic E-state index is 0.0417. The molecule has 2 aromatic rings. The van der Waals surface area contributed by atoms with Crippen LogP contribution in [0.15, 0.2) is 52.4 Å². The van der Waals surface area contributed by atoms with Gasteiger partial charge in [0.25, 0.3) is 5.91 Å². The quantitative estimate of drug-likeness (QED) is 0.438. The molecule has 0 bridgehead atoms. The summed E-state index contributed by atoms with van der Waals surface area (Å²) < 4.78 is 0. The van der Waals surface area contributed by atoms with E-state index in [9.17, 15) is 9.59 Å². The number of aliphatic imine (C=N–C) groups is 2. The van der Waals surface area contributed by atoms with Crippen molar-refractivity contribution in [3.8, 4) is 0 Å². The Balaban J connectivity index is 1.61. The summed E-state index contributed by atoms with van der Waals surface area (Å²) in [6.07, 6.45) is -0.156. The molecule has 0 spiro atoms. The molecule has 5 N–H and O–H groups in total. The number of nitrogens with two attached hydrogens (primary N) is 1. The predicted molar refractivity (Wildman–Crippen MR) is 115 cm³/mol. The van der Waals surface area contributed by atoms with Crippen LogP contribution >= 0.6 is 23.2 Å². The molecule has 0 saturated carbocycles. The van der Waals surface area contributed by atoms with Gasteiger partial charge in [-0.3, -0.25) is 14.9 Å². The number of carbonyl (C=O) groups is 2. The largest absolute Gasteiger partial charge is 0.369 e. The summed E-state index contributed by atoms with van der Waals surface area (Å²) in [4.78, 5) is 32.5. The van der Waals surface area contributed by atoms with Gasteiger partial charge in [-0.2, -0.15) is 4.99 Å². The number of nitrogens with one attached hydrogen (secondary N) is 3. The molecule has 2 aromatic carbocycles. The van der Waals surface area contributed by atoms with Gasteiger partial charge in [0, 0.05) is 11.4 Å². The molecule has 3 rings (SSSR count). The van der Waals surface area contributed by atoms with Crippen LogP contribution in [0.25, 0.3) is 0 Å². The van der Waals surface area contributed by atoms with E-state index in [4.69, 9.17) is 28.9 Å². The van der Waals surface area contributed by atoms with Crippen molar-refractivity contribution < 1.29 is 9.59 Å². The van der Waals surface area contributed by atoms with E-state index in [2.05, 4.69) is 25.9 Å². The monoisotopic (exact) mass is 432 g/mol. The van der Waals surface area contributed by atoms with E-state index in [1.165, 1.54) is 6.07 Å². The molecular weight excluding hydrogens is 415 g/mol. The zero-order chi connectivity index (χ0) is 21.0. The van der Waals surface area contributed by atoms with Crippen LogP contribution in [0.2, 0.25) is 10.0 Å². The fourth-order valence-corrected chi connectivity index (χ4v) is 2.90. The lowest BCUT2D eigenvalue weighted by Crippen LogP contribution is -2.32. The summed E-state index contributed by atoms with van der Waals surface area (Å²) in [5.41, 5.74) is 8.15. The molecule has 1 aliphatic rings. The van der Waals surface area contributed by atoms with Crippen molar-refractivity contribution in [1.82, 2.24) is 5.32 Å². The number of guanidine groups is 2. The van der Waals surface area contributed by atoms with Gasteiger partial charge >= 0.3 is 0 Å². The number of hydrogen-bond donors (Lipinski definition) is 4. The number of benzene rings is 2. The first-order valence-corrected chi connectivity index (χ1v) is 9.37. The first kappa shape index (κ1) is 20.6. The molecule has 1 atom stereocenters. The zero-order valence-electron chi connectivity index (χ0n) is 15.4. The van der Waals surface area contributed by atoms with Gasteiger partial charge in [-0.25, -0.2) is 4.99 Å². The maximum atomic E-state index is 12.2. The Morgan fingerprint density at radius 3 is 2.66 bits per heavy atom. The maximum absolute atomic E-state index is 12.2. The third kappa shape index (κ3) is 5.69. The number of anilines is 2. The molecule has 8 nitrogen and oxygen atoms in total. The van der Waals surface area contributed by atoms with Crippen LogP contribution < -0.4 is 21.7 Å². The van der Waals surface area contributed by atoms with Gasteiger partial charge < -0.3 is 16.4 Å². The molecule has 0 fully saturated rings. The minimum Gasteiger partial charge on any atom is -0.369 e. The molecule has 1 aliphatic heterocycles. The van der Waals surface area contributed by atoms with E-state index in [1.807, 2.05) is 31.2 Å². The van der Waals surface area contributed by atoms with E-state index in [-0.39, 0.29) is 18.3 Å². The Morgan fingerprint density at radius 1 is 1.17 bits per heavy atom. The number of nitrogens with zero attached hydrogens (tertiary/aromatic N) is 2. The Hall–Kier alpha value is -3.10. The molecule has 0 radical (unpaired) electrons. The van der Waals surface area contributed by atoms with Gasteiger partial charge in [0.2, 0.25) is 17.8 Å². The molecule has 0 aliphatic carbocycles. The second kappa shape index (κ2) is 8.93. The van der Waals surface area contributed by atoms with Gasteiger partial charge in [-0.15, -0.1) is 0 Å². The van der Waals surface area contributed by atoms with Crippen molar-refractivity contribution in [3.63, 3.8) is 0 Å². The summed E-state index contributed by atoms with van der Waals surface area (Å²) >= 11 is 11.8. The molecule has 10 heteroatoms. The van der Waals surface area contributed by atoms with Crippen LogP contribution in [0.5, 0.6) is 0 Å². The van der Waals surface area contributed by atoms with Crippen molar-refractivity contribution in [3.05, 3.63) is 58.1 Å². The fraction of sp³-hybridized carbons (Fsp3) is 0.158. The van der Waals surface area contributed by atoms with Crippen molar-refractivity contribution >= 4 is 58.3 Å². The van der Waals surface area contributed by atoms with Crippen molar-refractivity contribution in [1.29, 1.82) is 0 Å².